The smallest absolute Gasteiger partial charge is 0.220 e. The highest BCUT2D eigenvalue weighted by atomic mass is 19.1. The Morgan fingerprint density at radius 3 is 2.42 bits per heavy atom. The first-order chi connectivity index (χ1) is 11.6. The molecule has 1 atom stereocenters. The Bertz CT molecular complexity index is 654. The fourth-order valence-corrected chi connectivity index (χ4v) is 2.79. The molecule has 0 radical (unpaired) electrons. The van der Waals surface area contributed by atoms with Gasteiger partial charge in [-0.1, -0.05) is 55.5 Å². The van der Waals surface area contributed by atoms with Gasteiger partial charge in [0.15, 0.2) is 0 Å². The van der Waals surface area contributed by atoms with Crippen LogP contribution in [0.15, 0.2) is 54.6 Å². The van der Waals surface area contributed by atoms with Gasteiger partial charge < -0.3 is 10.1 Å². The van der Waals surface area contributed by atoms with Gasteiger partial charge in [0.2, 0.25) is 5.91 Å². The summed E-state index contributed by atoms with van der Waals surface area (Å²) < 4.78 is 19.3. The first-order valence-electron chi connectivity index (χ1n) is 8.22. The van der Waals surface area contributed by atoms with Crippen LogP contribution in [0.25, 0.3) is 0 Å². The van der Waals surface area contributed by atoms with Crippen LogP contribution in [0.4, 0.5) is 4.39 Å². The van der Waals surface area contributed by atoms with Crippen molar-refractivity contribution in [3.63, 3.8) is 0 Å². The van der Waals surface area contributed by atoms with Crippen molar-refractivity contribution in [2.75, 3.05) is 13.7 Å². The second-order valence-electron chi connectivity index (χ2n) is 5.79. The molecule has 0 saturated heterocycles. The van der Waals surface area contributed by atoms with Crippen LogP contribution in [0.5, 0.6) is 0 Å². The van der Waals surface area contributed by atoms with E-state index in [1.165, 1.54) is 6.07 Å². The van der Waals surface area contributed by atoms with Gasteiger partial charge in [-0.05, 0) is 30.0 Å². The number of ether oxygens (including phenoxy) is 1. The lowest BCUT2D eigenvalue weighted by Crippen LogP contribution is -2.42. The van der Waals surface area contributed by atoms with Crippen LogP contribution in [0.2, 0.25) is 0 Å². The zero-order valence-electron chi connectivity index (χ0n) is 14.2. The van der Waals surface area contributed by atoms with Crippen molar-refractivity contribution in [1.82, 2.24) is 5.32 Å². The zero-order valence-corrected chi connectivity index (χ0v) is 14.2. The van der Waals surface area contributed by atoms with E-state index in [-0.39, 0.29) is 18.1 Å². The quantitative estimate of drug-likeness (QED) is 0.799. The molecule has 2 aromatic rings. The molecular weight excluding hydrogens is 305 g/mol. The number of methoxy groups -OCH3 is 1. The number of rotatable bonds is 8. The summed E-state index contributed by atoms with van der Waals surface area (Å²) in [6.07, 6.45) is 1.37. The molecule has 0 saturated carbocycles. The van der Waals surface area contributed by atoms with Gasteiger partial charge in [-0.25, -0.2) is 4.39 Å². The van der Waals surface area contributed by atoms with Crippen LogP contribution >= 0.6 is 0 Å². The van der Waals surface area contributed by atoms with E-state index in [9.17, 15) is 9.18 Å². The Morgan fingerprint density at radius 1 is 1.12 bits per heavy atom. The van der Waals surface area contributed by atoms with E-state index >= 15 is 0 Å². The number of benzene rings is 2. The number of amides is 1. The summed E-state index contributed by atoms with van der Waals surface area (Å²) in [6, 6.07) is 16.4. The van der Waals surface area contributed by atoms with Crippen molar-refractivity contribution in [2.24, 2.45) is 0 Å². The highest BCUT2D eigenvalue weighted by molar-refractivity contribution is 5.76. The van der Waals surface area contributed by atoms with Crippen molar-refractivity contribution in [3.8, 4) is 0 Å². The summed E-state index contributed by atoms with van der Waals surface area (Å²) in [4.78, 5) is 12.1. The minimum Gasteiger partial charge on any atom is -0.372 e. The number of halogens is 1. The van der Waals surface area contributed by atoms with E-state index in [0.29, 0.717) is 18.5 Å². The molecule has 0 fully saturated rings. The zero-order chi connectivity index (χ0) is 17.4. The molecule has 24 heavy (non-hydrogen) atoms. The predicted octanol–water partition coefficient (Wildman–Crippen LogP) is 3.83. The minimum absolute atomic E-state index is 0.107. The Hall–Kier alpha value is -2.20. The SMILES string of the molecule is CCC(CNC(=O)CCc1ccccc1F)(OC)c1ccccc1. The molecule has 0 aliphatic heterocycles. The fraction of sp³-hybridized carbons (Fsp3) is 0.350. The molecule has 0 aromatic heterocycles. The highest BCUT2D eigenvalue weighted by Gasteiger charge is 2.30. The lowest BCUT2D eigenvalue weighted by molar-refractivity contribution is -0.123. The first-order valence-corrected chi connectivity index (χ1v) is 8.22. The number of aryl methyl sites for hydroxylation is 1. The van der Waals surface area contributed by atoms with Gasteiger partial charge in [0.25, 0.3) is 0 Å². The third-order valence-electron chi connectivity index (χ3n) is 4.41. The number of carbonyl (C=O) groups is 1. The monoisotopic (exact) mass is 329 g/mol. The van der Waals surface area contributed by atoms with Gasteiger partial charge in [-0.15, -0.1) is 0 Å². The van der Waals surface area contributed by atoms with Crippen LogP contribution < -0.4 is 5.32 Å². The first kappa shape index (κ1) is 18.1. The van der Waals surface area contributed by atoms with Crippen molar-refractivity contribution in [1.29, 1.82) is 0 Å². The molecule has 2 aromatic carbocycles. The Labute approximate surface area is 142 Å². The van der Waals surface area contributed by atoms with Crippen molar-refractivity contribution >= 4 is 5.91 Å². The van der Waals surface area contributed by atoms with Gasteiger partial charge >= 0.3 is 0 Å². The molecule has 1 unspecified atom stereocenters. The molecule has 4 heteroatoms. The summed E-state index contributed by atoms with van der Waals surface area (Å²) >= 11 is 0. The molecule has 0 heterocycles. The van der Waals surface area contributed by atoms with E-state index in [1.54, 1.807) is 25.3 Å². The van der Waals surface area contributed by atoms with Crippen LogP contribution in [0.1, 0.15) is 30.9 Å². The molecule has 2 rings (SSSR count). The maximum Gasteiger partial charge on any atom is 0.220 e. The third kappa shape index (κ3) is 4.42. The van der Waals surface area contributed by atoms with E-state index in [1.807, 2.05) is 37.3 Å². The van der Waals surface area contributed by atoms with Crippen molar-refractivity contribution in [3.05, 3.63) is 71.5 Å². The lowest BCUT2D eigenvalue weighted by Gasteiger charge is -2.32. The van der Waals surface area contributed by atoms with E-state index in [0.717, 1.165) is 12.0 Å². The summed E-state index contributed by atoms with van der Waals surface area (Å²) in [6.45, 7) is 2.42. The minimum atomic E-state index is -0.547. The lowest BCUT2D eigenvalue weighted by atomic mass is 9.90. The van der Waals surface area contributed by atoms with Crippen LogP contribution in [-0.4, -0.2) is 19.6 Å². The maximum absolute atomic E-state index is 13.6. The second kappa shape index (κ2) is 8.60. The van der Waals surface area contributed by atoms with E-state index in [2.05, 4.69) is 5.32 Å². The maximum atomic E-state index is 13.6. The largest absolute Gasteiger partial charge is 0.372 e. The average Bonchev–Trinajstić information content (AvgIpc) is 2.63. The molecule has 0 spiro atoms. The molecule has 1 amide bonds. The molecule has 0 bridgehead atoms. The number of carbonyl (C=O) groups excluding carboxylic acids is 1. The van der Waals surface area contributed by atoms with Crippen LogP contribution in [0.3, 0.4) is 0 Å². The molecule has 3 nitrogen and oxygen atoms in total. The predicted molar refractivity (Wildman–Crippen MR) is 93.2 cm³/mol. The van der Waals surface area contributed by atoms with Gasteiger partial charge in [0, 0.05) is 13.5 Å². The number of nitrogens with one attached hydrogen (secondary N) is 1. The van der Waals surface area contributed by atoms with Crippen molar-refractivity contribution in [2.45, 2.75) is 31.8 Å². The normalized spacial score (nSPS) is 13.3. The molecule has 0 aliphatic carbocycles. The standard InChI is InChI=1S/C20H24FNO2/c1-3-20(24-2,17-10-5-4-6-11-17)15-22-19(23)14-13-16-9-7-8-12-18(16)21/h4-12H,3,13-15H2,1-2H3,(H,22,23). The van der Waals surface area contributed by atoms with Crippen LogP contribution in [-0.2, 0) is 21.6 Å². The van der Waals surface area contributed by atoms with Crippen LogP contribution in [0, 0.1) is 5.82 Å². The van der Waals surface area contributed by atoms with Gasteiger partial charge in [-0.3, -0.25) is 4.79 Å². The topological polar surface area (TPSA) is 38.3 Å². The molecule has 0 aliphatic rings. The number of hydrogen-bond donors (Lipinski definition) is 1. The Morgan fingerprint density at radius 2 is 1.79 bits per heavy atom. The van der Waals surface area contributed by atoms with E-state index < -0.39 is 5.60 Å². The van der Waals surface area contributed by atoms with Crippen molar-refractivity contribution < 1.29 is 13.9 Å². The van der Waals surface area contributed by atoms with Gasteiger partial charge in [0.1, 0.15) is 11.4 Å². The third-order valence-corrected chi connectivity index (χ3v) is 4.41. The summed E-state index contributed by atoms with van der Waals surface area (Å²) in [5, 5.41) is 2.93. The summed E-state index contributed by atoms with van der Waals surface area (Å²) in [5.41, 5.74) is 1.04. The molecule has 1 N–H and O–H groups in total. The molecular formula is C20H24FNO2. The summed E-state index contributed by atoms with van der Waals surface area (Å²) in [7, 11) is 1.65. The molecule has 128 valence electrons. The van der Waals surface area contributed by atoms with E-state index in [4.69, 9.17) is 4.74 Å². The Balaban J connectivity index is 1.95. The number of hydrogen-bond acceptors (Lipinski definition) is 2. The van der Waals surface area contributed by atoms with Gasteiger partial charge in [0.05, 0.1) is 6.54 Å². The average molecular weight is 329 g/mol. The highest BCUT2D eigenvalue weighted by Crippen LogP contribution is 2.28. The summed E-state index contributed by atoms with van der Waals surface area (Å²) in [5.74, 6) is -0.376. The second-order valence-corrected chi connectivity index (χ2v) is 5.79. The fourth-order valence-electron chi connectivity index (χ4n) is 2.79. The Kier molecular flexibility index (Phi) is 6.50. The van der Waals surface area contributed by atoms with Gasteiger partial charge in [-0.2, -0.15) is 0 Å².